The van der Waals surface area contributed by atoms with E-state index in [-0.39, 0.29) is 5.78 Å². The Kier molecular flexibility index (Phi) is 3.83. The molecule has 0 bridgehead atoms. The van der Waals surface area contributed by atoms with E-state index in [2.05, 4.69) is 21.0 Å². The maximum Gasteiger partial charge on any atom is 0.140 e. The molecule has 4 nitrogen and oxygen atoms in total. The Morgan fingerprint density at radius 3 is 2.71 bits per heavy atom. The van der Waals surface area contributed by atoms with E-state index in [4.69, 9.17) is 5.73 Å². The van der Waals surface area contributed by atoms with Gasteiger partial charge >= 0.3 is 0 Å². The number of rotatable bonds is 4. The normalized spacial score (nSPS) is 10.6. The van der Waals surface area contributed by atoms with Crippen LogP contribution in [0.4, 0.5) is 0 Å². The molecule has 0 atom stereocenters. The molecular formula is C9H14BrN3O. The predicted octanol–water partition coefficient (Wildman–Crippen LogP) is 0.951. The molecule has 0 saturated carbocycles. The third kappa shape index (κ3) is 2.42. The molecule has 2 N–H and O–H groups in total. The molecule has 0 radical (unpaired) electrons. The fourth-order valence-corrected chi connectivity index (χ4v) is 1.78. The van der Waals surface area contributed by atoms with Gasteiger partial charge in [-0.25, -0.2) is 0 Å². The lowest BCUT2D eigenvalue weighted by molar-refractivity contribution is -0.118. The van der Waals surface area contributed by atoms with Crippen molar-refractivity contribution >= 4 is 21.7 Å². The first-order chi connectivity index (χ1) is 6.56. The van der Waals surface area contributed by atoms with Gasteiger partial charge in [-0.05, 0) is 29.4 Å². The standard InChI is InChI=1S/C9H14BrN3O/c1-6-9(10)8(13(2)12-6)5-7(14)3-4-11/h3-5,11H2,1-2H3. The molecule has 0 aromatic carbocycles. The summed E-state index contributed by atoms with van der Waals surface area (Å²) in [5.41, 5.74) is 7.13. The van der Waals surface area contributed by atoms with E-state index < -0.39 is 0 Å². The molecule has 0 aliphatic rings. The smallest absolute Gasteiger partial charge is 0.140 e. The predicted molar refractivity (Wildman–Crippen MR) is 58.0 cm³/mol. The summed E-state index contributed by atoms with van der Waals surface area (Å²) in [7, 11) is 1.84. The first-order valence-electron chi connectivity index (χ1n) is 4.46. The zero-order valence-corrected chi connectivity index (χ0v) is 9.97. The zero-order chi connectivity index (χ0) is 10.7. The van der Waals surface area contributed by atoms with E-state index in [9.17, 15) is 4.79 Å². The first-order valence-corrected chi connectivity index (χ1v) is 5.25. The van der Waals surface area contributed by atoms with E-state index in [1.54, 1.807) is 4.68 Å². The lowest BCUT2D eigenvalue weighted by atomic mass is 10.1. The van der Waals surface area contributed by atoms with Crippen molar-refractivity contribution in [3.63, 3.8) is 0 Å². The van der Waals surface area contributed by atoms with E-state index in [1.165, 1.54) is 0 Å². The second kappa shape index (κ2) is 4.70. The first kappa shape index (κ1) is 11.4. The summed E-state index contributed by atoms with van der Waals surface area (Å²) in [4.78, 5) is 11.4. The van der Waals surface area contributed by atoms with Gasteiger partial charge in [-0.15, -0.1) is 0 Å². The molecule has 0 aliphatic carbocycles. The summed E-state index contributed by atoms with van der Waals surface area (Å²) in [6, 6.07) is 0. The maximum atomic E-state index is 11.4. The van der Waals surface area contributed by atoms with Crippen LogP contribution in [0.15, 0.2) is 4.47 Å². The average molecular weight is 260 g/mol. The molecule has 1 heterocycles. The van der Waals surface area contributed by atoms with Crippen molar-refractivity contribution in [2.24, 2.45) is 12.8 Å². The van der Waals surface area contributed by atoms with E-state index in [1.807, 2.05) is 14.0 Å². The highest BCUT2D eigenvalue weighted by Crippen LogP contribution is 2.20. The Hall–Kier alpha value is -0.680. The van der Waals surface area contributed by atoms with Gasteiger partial charge in [0.05, 0.1) is 15.9 Å². The quantitative estimate of drug-likeness (QED) is 0.876. The van der Waals surface area contributed by atoms with Gasteiger partial charge in [0.15, 0.2) is 0 Å². The molecule has 0 spiro atoms. The average Bonchev–Trinajstić information content (AvgIpc) is 2.33. The van der Waals surface area contributed by atoms with Gasteiger partial charge in [-0.3, -0.25) is 9.48 Å². The molecule has 5 heteroatoms. The van der Waals surface area contributed by atoms with Crippen LogP contribution in [0.3, 0.4) is 0 Å². The van der Waals surface area contributed by atoms with Crippen molar-refractivity contribution in [1.29, 1.82) is 0 Å². The second-order valence-corrected chi connectivity index (χ2v) is 4.02. The number of hydrogen-bond acceptors (Lipinski definition) is 3. The highest BCUT2D eigenvalue weighted by molar-refractivity contribution is 9.10. The molecule has 0 amide bonds. The van der Waals surface area contributed by atoms with E-state index in [0.717, 1.165) is 15.9 Å². The summed E-state index contributed by atoms with van der Waals surface area (Å²) >= 11 is 3.41. The zero-order valence-electron chi connectivity index (χ0n) is 8.38. The van der Waals surface area contributed by atoms with Crippen LogP contribution in [-0.4, -0.2) is 22.1 Å². The number of carbonyl (C=O) groups excluding carboxylic acids is 1. The largest absolute Gasteiger partial charge is 0.330 e. The number of aryl methyl sites for hydroxylation is 2. The van der Waals surface area contributed by atoms with Crippen LogP contribution in [-0.2, 0) is 18.3 Å². The lowest BCUT2D eigenvalue weighted by Gasteiger charge is -2.01. The third-order valence-corrected chi connectivity index (χ3v) is 3.08. The summed E-state index contributed by atoms with van der Waals surface area (Å²) in [5, 5.41) is 4.21. The molecular weight excluding hydrogens is 246 g/mol. The minimum Gasteiger partial charge on any atom is -0.330 e. The third-order valence-electron chi connectivity index (χ3n) is 2.05. The van der Waals surface area contributed by atoms with Crippen molar-refractivity contribution in [2.75, 3.05) is 6.54 Å². The number of nitrogens with zero attached hydrogens (tertiary/aromatic N) is 2. The number of halogens is 1. The summed E-state index contributed by atoms with van der Waals surface area (Å²) < 4.78 is 2.65. The molecule has 1 rings (SSSR count). The van der Waals surface area contributed by atoms with Gasteiger partial charge in [-0.1, -0.05) is 0 Å². The van der Waals surface area contributed by atoms with Crippen molar-refractivity contribution < 1.29 is 4.79 Å². The van der Waals surface area contributed by atoms with Gasteiger partial charge in [0.2, 0.25) is 0 Å². The number of ketones is 1. The van der Waals surface area contributed by atoms with Crippen LogP contribution in [0.25, 0.3) is 0 Å². The fraction of sp³-hybridized carbons (Fsp3) is 0.556. The molecule has 0 aliphatic heterocycles. The number of hydrogen-bond donors (Lipinski definition) is 1. The van der Waals surface area contributed by atoms with Crippen LogP contribution in [0.2, 0.25) is 0 Å². The Morgan fingerprint density at radius 1 is 1.64 bits per heavy atom. The number of Topliss-reactive ketones (excluding diaryl/α,β-unsaturated/α-hetero) is 1. The molecule has 1 aromatic rings. The summed E-state index contributed by atoms with van der Waals surface area (Å²) in [6.45, 7) is 2.31. The Labute approximate surface area is 91.6 Å². The number of nitrogens with two attached hydrogens (primary N) is 1. The molecule has 14 heavy (non-hydrogen) atoms. The molecule has 1 aromatic heterocycles. The monoisotopic (exact) mass is 259 g/mol. The molecule has 0 unspecified atom stereocenters. The number of aromatic nitrogens is 2. The molecule has 78 valence electrons. The van der Waals surface area contributed by atoms with Gasteiger partial charge in [0.1, 0.15) is 5.78 Å². The van der Waals surface area contributed by atoms with Crippen molar-refractivity contribution in [3.8, 4) is 0 Å². The topological polar surface area (TPSA) is 60.9 Å². The van der Waals surface area contributed by atoms with Crippen molar-refractivity contribution in [3.05, 3.63) is 15.9 Å². The van der Waals surface area contributed by atoms with E-state index in [0.29, 0.717) is 19.4 Å². The van der Waals surface area contributed by atoms with Crippen LogP contribution in [0.5, 0.6) is 0 Å². The van der Waals surface area contributed by atoms with Crippen LogP contribution >= 0.6 is 15.9 Å². The van der Waals surface area contributed by atoms with Gasteiger partial charge in [0, 0.05) is 19.9 Å². The Balaban J connectivity index is 2.81. The van der Waals surface area contributed by atoms with Crippen LogP contribution < -0.4 is 5.73 Å². The Morgan fingerprint density at radius 2 is 2.29 bits per heavy atom. The van der Waals surface area contributed by atoms with E-state index >= 15 is 0 Å². The molecule has 0 fully saturated rings. The highest BCUT2D eigenvalue weighted by Gasteiger charge is 2.13. The van der Waals surface area contributed by atoms with Gasteiger partial charge < -0.3 is 5.73 Å². The summed E-state index contributed by atoms with van der Waals surface area (Å²) in [6.07, 6.45) is 0.825. The minimum absolute atomic E-state index is 0.149. The van der Waals surface area contributed by atoms with Crippen LogP contribution in [0, 0.1) is 6.92 Å². The SMILES string of the molecule is Cc1nn(C)c(CC(=O)CCN)c1Br. The van der Waals surface area contributed by atoms with Gasteiger partial charge in [-0.2, -0.15) is 5.10 Å². The fourth-order valence-electron chi connectivity index (χ4n) is 1.31. The summed E-state index contributed by atoms with van der Waals surface area (Å²) in [5.74, 6) is 0.149. The maximum absolute atomic E-state index is 11.4. The minimum atomic E-state index is 0.149. The number of carbonyl (C=O) groups is 1. The lowest BCUT2D eigenvalue weighted by Crippen LogP contribution is -2.12. The Bertz CT molecular complexity index is 346. The second-order valence-electron chi connectivity index (χ2n) is 3.22. The van der Waals surface area contributed by atoms with Crippen molar-refractivity contribution in [1.82, 2.24) is 9.78 Å². The molecule has 0 saturated heterocycles. The van der Waals surface area contributed by atoms with Crippen LogP contribution in [0.1, 0.15) is 17.8 Å². The van der Waals surface area contributed by atoms with Gasteiger partial charge in [0.25, 0.3) is 0 Å². The highest BCUT2D eigenvalue weighted by atomic mass is 79.9. The van der Waals surface area contributed by atoms with Crippen molar-refractivity contribution in [2.45, 2.75) is 19.8 Å².